The highest BCUT2D eigenvalue weighted by molar-refractivity contribution is 6.52. The molecule has 0 saturated carbocycles. The molecular formula is C27H22N2O3. The summed E-state index contributed by atoms with van der Waals surface area (Å²) < 4.78 is 0. The van der Waals surface area contributed by atoms with Crippen molar-refractivity contribution in [3.8, 4) is 0 Å². The number of para-hydroxylation sites is 1. The normalized spacial score (nSPS) is 17.9. The van der Waals surface area contributed by atoms with Crippen LogP contribution in [0, 0.1) is 13.8 Å². The summed E-state index contributed by atoms with van der Waals surface area (Å²) in [5, 5.41) is 12.2. The van der Waals surface area contributed by atoms with Crippen molar-refractivity contribution >= 4 is 34.0 Å². The predicted molar refractivity (Wildman–Crippen MR) is 125 cm³/mol. The van der Waals surface area contributed by atoms with Gasteiger partial charge in [0, 0.05) is 28.4 Å². The number of hydrogen-bond acceptors (Lipinski definition) is 3. The molecule has 1 amide bonds. The van der Waals surface area contributed by atoms with Gasteiger partial charge in [0.15, 0.2) is 0 Å². The number of ketones is 1. The van der Waals surface area contributed by atoms with E-state index >= 15 is 0 Å². The largest absolute Gasteiger partial charge is 0.507 e. The van der Waals surface area contributed by atoms with Crippen LogP contribution in [0.4, 0.5) is 5.69 Å². The number of aromatic nitrogens is 1. The zero-order chi connectivity index (χ0) is 22.4. The fourth-order valence-corrected chi connectivity index (χ4v) is 4.42. The third kappa shape index (κ3) is 3.02. The van der Waals surface area contributed by atoms with Gasteiger partial charge in [0.25, 0.3) is 11.7 Å². The maximum atomic E-state index is 13.3. The van der Waals surface area contributed by atoms with Crippen LogP contribution in [0.5, 0.6) is 0 Å². The number of anilines is 1. The first-order valence-electron chi connectivity index (χ1n) is 10.5. The van der Waals surface area contributed by atoms with Crippen molar-refractivity contribution in [2.75, 3.05) is 4.90 Å². The minimum Gasteiger partial charge on any atom is -0.507 e. The van der Waals surface area contributed by atoms with Crippen molar-refractivity contribution in [2.24, 2.45) is 0 Å². The van der Waals surface area contributed by atoms with Crippen molar-refractivity contribution < 1.29 is 14.7 Å². The molecule has 2 N–H and O–H groups in total. The number of hydrogen-bond donors (Lipinski definition) is 2. The quantitative estimate of drug-likeness (QED) is 0.263. The Morgan fingerprint density at radius 1 is 0.938 bits per heavy atom. The Kier molecular flexibility index (Phi) is 4.67. The first kappa shape index (κ1) is 19.8. The number of benzene rings is 3. The molecule has 5 rings (SSSR count). The number of carbonyl (C=O) groups is 2. The van der Waals surface area contributed by atoms with E-state index in [2.05, 4.69) is 4.98 Å². The highest BCUT2D eigenvalue weighted by Gasteiger charge is 2.47. The zero-order valence-electron chi connectivity index (χ0n) is 17.8. The van der Waals surface area contributed by atoms with Crippen LogP contribution in [0.25, 0.3) is 16.7 Å². The van der Waals surface area contributed by atoms with Crippen LogP contribution >= 0.6 is 0 Å². The molecule has 1 saturated heterocycles. The molecule has 0 radical (unpaired) electrons. The van der Waals surface area contributed by atoms with E-state index in [9.17, 15) is 14.7 Å². The fraction of sp³-hybridized carbons (Fsp3) is 0.111. The molecule has 2 heterocycles. The van der Waals surface area contributed by atoms with Gasteiger partial charge in [-0.1, -0.05) is 60.7 Å². The molecule has 1 fully saturated rings. The minimum atomic E-state index is -0.731. The zero-order valence-corrected chi connectivity index (χ0v) is 17.8. The van der Waals surface area contributed by atoms with Crippen LogP contribution in [-0.4, -0.2) is 21.8 Å². The summed E-state index contributed by atoms with van der Waals surface area (Å²) in [6.07, 6.45) is 1.67. The second-order valence-corrected chi connectivity index (χ2v) is 8.12. The maximum Gasteiger partial charge on any atom is 0.300 e. The number of aromatic amines is 1. The number of amides is 1. The van der Waals surface area contributed by atoms with Gasteiger partial charge >= 0.3 is 0 Å². The molecule has 3 aromatic carbocycles. The molecule has 1 atom stereocenters. The molecule has 4 aromatic rings. The van der Waals surface area contributed by atoms with Crippen LogP contribution in [0.1, 0.15) is 28.3 Å². The Hall–Kier alpha value is -4.12. The number of rotatable bonds is 3. The van der Waals surface area contributed by atoms with Gasteiger partial charge in [-0.2, -0.15) is 0 Å². The van der Waals surface area contributed by atoms with Gasteiger partial charge in [0.1, 0.15) is 5.76 Å². The van der Waals surface area contributed by atoms with Crippen molar-refractivity contribution in [1.82, 2.24) is 4.98 Å². The number of aliphatic hydroxyl groups is 1. The van der Waals surface area contributed by atoms with Crippen LogP contribution in [-0.2, 0) is 9.59 Å². The summed E-state index contributed by atoms with van der Waals surface area (Å²) in [5.74, 6) is -1.51. The van der Waals surface area contributed by atoms with Crippen LogP contribution in [0.15, 0.2) is 84.6 Å². The summed E-state index contributed by atoms with van der Waals surface area (Å²) >= 11 is 0. The second-order valence-electron chi connectivity index (χ2n) is 8.12. The van der Waals surface area contributed by atoms with Gasteiger partial charge in [0.05, 0.1) is 11.6 Å². The summed E-state index contributed by atoms with van der Waals surface area (Å²) in [7, 11) is 0. The average molecular weight is 422 g/mol. The van der Waals surface area contributed by atoms with E-state index in [0.29, 0.717) is 11.3 Å². The minimum absolute atomic E-state index is 0.0897. The number of fused-ring (bicyclic) bond motifs is 1. The number of Topliss-reactive ketones (excluding diaryl/α,β-unsaturated/α-hetero) is 1. The lowest BCUT2D eigenvalue weighted by atomic mass is 9.94. The monoisotopic (exact) mass is 422 g/mol. The van der Waals surface area contributed by atoms with Gasteiger partial charge in [-0.3, -0.25) is 14.5 Å². The molecule has 1 aliphatic rings. The third-order valence-corrected chi connectivity index (χ3v) is 6.03. The Balaban J connectivity index is 1.78. The lowest BCUT2D eigenvalue weighted by Gasteiger charge is -2.27. The van der Waals surface area contributed by atoms with E-state index in [1.165, 1.54) is 4.90 Å². The number of aryl methyl sites for hydroxylation is 2. The SMILES string of the molecule is Cc1ccc(C)c(N2C(=O)C(=O)/C(=C(\O)c3c[nH]c4ccccc34)C2c2ccccc2)c1. The lowest BCUT2D eigenvalue weighted by molar-refractivity contribution is -0.132. The molecule has 5 nitrogen and oxygen atoms in total. The van der Waals surface area contributed by atoms with Gasteiger partial charge in [-0.15, -0.1) is 0 Å². The van der Waals surface area contributed by atoms with E-state index in [1.54, 1.807) is 6.20 Å². The lowest BCUT2D eigenvalue weighted by Crippen LogP contribution is -2.30. The molecule has 0 aliphatic carbocycles. The number of H-pyrrole nitrogens is 1. The third-order valence-electron chi connectivity index (χ3n) is 6.03. The average Bonchev–Trinajstić information content (AvgIpc) is 3.35. The Morgan fingerprint density at radius 3 is 2.44 bits per heavy atom. The van der Waals surface area contributed by atoms with Crippen molar-refractivity contribution in [3.63, 3.8) is 0 Å². The highest BCUT2D eigenvalue weighted by atomic mass is 16.3. The molecule has 158 valence electrons. The Morgan fingerprint density at radius 2 is 1.66 bits per heavy atom. The molecule has 5 heteroatoms. The van der Waals surface area contributed by atoms with Crippen molar-refractivity contribution in [1.29, 1.82) is 0 Å². The first-order valence-corrected chi connectivity index (χ1v) is 10.5. The van der Waals surface area contributed by atoms with Crippen molar-refractivity contribution in [3.05, 3.63) is 107 Å². The second kappa shape index (κ2) is 7.54. The van der Waals surface area contributed by atoms with E-state index in [-0.39, 0.29) is 11.3 Å². The molecule has 1 aromatic heterocycles. The summed E-state index contributed by atoms with van der Waals surface area (Å²) in [4.78, 5) is 31.3. The summed E-state index contributed by atoms with van der Waals surface area (Å²) in [6.45, 7) is 3.86. The Labute approximate surface area is 185 Å². The number of nitrogens with one attached hydrogen (secondary N) is 1. The molecule has 1 unspecified atom stereocenters. The topological polar surface area (TPSA) is 73.4 Å². The highest BCUT2D eigenvalue weighted by Crippen LogP contribution is 2.43. The molecule has 0 spiro atoms. The molecular weight excluding hydrogens is 400 g/mol. The van der Waals surface area contributed by atoms with Gasteiger partial charge < -0.3 is 10.1 Å². The fourth-order valence-electron chi connectivity index (χ4n) is 4.42. The van der Waals surface area contributed by atoms with Crippen LogP contribution in [0.2, 0.25) is 0 Å². The predicted octanol–water partition coefficient (Wildman–Crippen LogP) is 5.41. The van der Waals surface area contributed by atoms with E-state index in [4.69, 9.17) is 0 Å². The summed E-state index contributed by atoms with van der Waals surface area (Å²) in [5.41, 5.74) is 4.72. The Bertz CT molecular complexity index is 1400. The van der Waals surface area contributed by atoms with Gasteiger partial charge in [-0.05, 0) is 42.7 Å². The first-order chi connectivity index (χ1) is 15.5. The standard InChI is InChI=1S/C27H22N2O3/c1-16-12-13-17(2)22(14-16)29-24(18-8-4-3-5-9-18)23(26(31)27(29)32)25(30)20-15-28-21-11-7-6-10-19(20)21/h3-15,24,28,30H,1-2H3/b25-23-. The van der Waals surface area contributed by atoms with E-state index < -0.39 is 17.7 Å². The molecule has 0 bridgehead atoms. The van der Waals surface area contributed by atoms with E-state index in [0.717, 1.165) is 27.6 Å². The van der Waals surface area contributed by atoms with Gasteiger partial charge in [0.2, 0.25) is 0 Å². The van der Waals surface area contributed by atoms with Crippen LogP contribution < -0.4 is 4.90 Å². The number of nitrogens with zero attached hydrogens (tertiary/aromatic N) is 1. The molecule has 32 heavy (non-hydrogen) atoms. The summed E-state index contributed by atoms with van der Waals surface area (Å²) in [6, 6.07) is 22.0. The number of aliphatic hydroxyl groups excluding tert-OH is 1. The van der Waals surface area contributed by atoms with Gasteiger partial charge in [-0.25, -0.2) is 0 Å². The maximum absolute atomic E-state index is 13.3. The van der Waals surface area contributed by atoms with Crippen LogP contribution in [0.3, 0.4) is 0 Å². The van der Waals surface area contributed by atoms with Crippen molar-refractivity contribution in [2.45, 2.75) is 19.9 Å². The number of carbonyl (C=O) groups excluding carboxylic acids is 2. The smallest absolute Gasteiger partial charge is 0.300 e. The van der Waals surface area contributed by atoms with E-state index in [1.807, 2.05) is 86.6 Å². The molecule has 1 aliphatic heterocycles.